The Labute approximate surface area is 134 Å². The second-order valence-electron chi connectivity index (χ2n) is 5.27. The third kappa shape index (κ3) is 4.60. The minimum Gasteiger partial charge on any atom is -0.313 e. The molecule has 1 aromatic carbocycles. The first-order valence-corrected chi connectivity index (χ1v) is 9.66. The summed E-state index contributed by atoms with van der Waals surface area (Å²) < 4.78 is 26.5. The van der Waals surface area contributed by atoms with E-state index >= 15 is 0 Å². The minimum atomic E-state index is -0.771. The second kappa shape index (κ2) is 8.39. The molecule has 2 rings (SSSR count). The normalized spacial score (nSPS) is 24.0. The van der Waals surface area contributed by atoms with Crippen LogP contribution in [0.2, 0.25) is 0 Å². The zero-order valence-electron chi connectivity index (χ0n) is 12.6. The van der Waals surface area contributed by atoms with Crippen molar-refractivity contribution in [2.75, 3.05) is 18.1 Å². The molecule has 0 amide bonds. The van der Waals surface area contributed by atoms with Crippen LogP contribution >= 0.6 is 23.5 Å². The SMILES string of the molecule is CCNC(Cc1ccc(F)c(F)c1)C1SCCSC1CC. The molecule has 0 aromatic heterocycles. The first-order chi connectivity index (χ1) is 10.2. The molecular formula is C16H23F2NS2. The van der Waals surface area contributed by atoms with Gasteiger partial charge in [-0.05, 0) is 37.1 Å². The molecule has 0 radical (unpaired) electrons. The molecule has 0 aliphatic carbocycles. The first kappa shape index (κ1) is 17.1. The van der Waals surface area contributed by atoms with Crippen molar-refractivity contribution in [3.05, 3.63) is 35.4 Å². The van der Waals surface area contributed by atoms with Gasteiger partial charge in [-0.1, -0.05) is 19.9 Å². The summed E-state index contributed by atoms with van der Waals surface area (Å²) in [6.45, 7) is 5.23. The average molecular weight is 331 g/mol. The van der Waals surface area contributed by atoms with Crippen molar-refractivity contribution in [1.82, 2.24) is 5.32 Å². The first-order valence-electron chi connectivity index (χ1n) is 7.56. The number of hydrogen-bond acceptors (Lipinski definition) is 3. The Morgan fingerprint density at radius 2 is 1.95 bits per heavy atom. The number of likely N-dealkylation sites (N-methyl/N-ethyl adjacent to an activating group) is 1. The van der Waals surface area contributed by atoms with Crippen LogP contribution in [-0.2, 0) is 6.42 Å². The van der Waals surface area contributed by atoms with Crippen molar-refractivity contribution in [1.29, 1.82) is 0 Å². The third-order valence-electron chi connectivity index (χ3n) is 3.80. The molecular weight excluding hydrogens is 308 g/mol. The van der Waals surface area contributed by atoms with Crippen LogP contribution in [0, 0.1) is 11.6 Å². The molecule has 0 bridgehead atoms. The second-order valence-corrected chi connectivity index (χ2v) is 7.90. The zero-order valence-corrected chi connectivity index (χ0v) is 14.2. The molecule has 1 aromatic rings. The highest BCUT2D eigenvalue weighted by molar-refractivity contribution is 8.07. The monoisotopic (exact) mass is 331 g/mol. The van der Waals surface area contributed by atoms with Crippen LogP contribution in [-0.4, -0.2) is 34.6 Å². The van der Waals surface area contributed by atoms with Gasteiger partial charge in [0.1, 0.15) is 0 Å². The number of rotatable bonds is 6. The molecule has 1 heterocycles. The van der Waals surface area contributed by atoms with E-state index in [1.54, 1.807) is 6.07 Å². The van der Waals surface area contributed by atoms with Crippen LogP contribution in [0.1, 0.15) is 25.8 Å². The van der Waals surface area contributed by atoms with E-state index in [1.165, 1.54) is 23.6 Å². The van der Waals surface area contributed by atoms with Crippen molar-refractivity contribution in [3.63, 3.8) is 0 Å². The lowest BCUT2D eigenvalue weighted by Crippen LogP contribution is -2.46. The summed E-state index contributed by atoms with van der Waals surface area (Å²) in [6, 6.07) is 4.57. The summed E-state index contributed by atoms with van der Waals surface area (Å²) in [5.41, 5.74) is 0.867. The lowest BCUT2D eigenvalue weighted by Gasteiger charge is -2.36. The largest absolute Gasteiger partial charge is 0.313 e. The quantitative estimate of drug-likeness (QED) is 0.842. The van der Waals surface area contributed by atoms with Crippen molar-refractivity contribution < 1.29 is 8.78 Å². The van der Waals surface area contributed by atoms with Gasteiger partial charge in [-0.3, -0.25) is 0 Å². The van der Waals surface area contributed by atoms with E-state index in [1.807, 2.05) is 23.5 Å². The molecule has 0 saturated carbocycles. The lowest BCUT2D eigenvalue weighted by molar-refractivity contribution is 0.482. The van der Waals surface area contributed by atoms with Crippen molar-refractivity contribution >= 4 is 23.5 Å². The Bertz CT molecular complexity index is 456. The summed E-state index contributed by atoms with van der Waals surface area (Å²) in [7, 11) is 0. The van der Waals surface area contributed by atoms with Gasteiger partial charge in [-0.2, -0.15) is 23.5 Å². The van der Waals surface area contributed by atoms with Crippen LogP contribution in [0.4, 0.5) is 8.78 Å². The van der Waals surface area contributed by atoms with E-state index in [0.29, 0.717) is 16.5 Å². The summed E-state index contributed by atoms with van der Waals surface area (Å²) in [6.07, 6.45) is 1.90. The summed E-state index contributed by atoms with van der Waals surface area (Å²) in [5.74, 6) is 0.864. The summed E-state index contributed by atoms with van der Waals surface area (Å²) in [5, 5.41) is 4.72. The molecule has 1 aliphatic rings. The van der Waals surface area contributed by atoms with Crippen molar-refractivity contribution in [2.24, 2.45) is 0 Å². The highest BCUT2D eigenvalue weighted by Gasteiger charge is 2.31. The Hall–Kier alpha value is -0.260. The van der Waals surface area contributed by atoms with E-state index in [2.05, 4.69) is 19.2 Å². The highest BCUT2D eigenvalue weighted by Crippen LogP contribution is 2.36. The van der Waals surface area contributed by atoms with Gasteiger partial charge in [0.05, 0.1) is 0 Å². The highest BCUT2D eigenvalue weighted by atomic mass is 32.2. The van der Waals surface area contributed by atoms with Crippen LogP contribution < -0.4 is 5.32 Å². The number of thioether (sulfide) groups is 2. The number of hydrogen-bond donors (Lipinski definition) is 1. The van der Waals surface area contributed by atoms with Gasteiger partial charge < -0.3 is 5.32 Å². The molecule has 0 spiro atoms. The van der Waals surface area contributed by atoms with E-state index in [9.17, 15) is 8.78 Å². The Balaban J connectivity index is 2.11. The van der Waals surface area contributed by atoms with Crippen LogP contribution in [0.3, 0.4) is 0 Å². The smallest absolute Gasteiger partial charge is 0.159 e. The molecule has 118 valence electrons. The standard InChI is InChI=1S/C16H23F2NS2/c1-3-15-16(21-8-7-20-15)14(19-4-2)10-11-5-6-12(17)13(18)9-11/h5-6,9,14-16,19H,3-4,7-8,10H2,1-2H3. The maximum absolute atomic E-state index is 13.4. The summed E-state index contributed by atoms with van der Waals surface area (Å²) in [4.78, 5) is 0. The maximum Gasteiger partial charge on any atom is 0.159 e. The van der Waals surface area contributed by atoms with E-state index < -0.39 is 11.6 Å². The molecule has 3 atom stereocenters. The van der Waals surface area contributed by atoms with E-state index in [4.69, 9.17) is 0 Å². The number of halogens is 2. The van der Waals surface area contributed by atoms with Crippen LogP contribution in [0.15, 0.2) is 18.2 Å². The van der Waals surface area contributed by atoms with E-state index in [-0.39, 0.29) is 0 Å². The molecule has 5 heteroatoms. The molecule has 1 saturated heterocycles. The Kier molecular flexibility index (Phi) is 6.83. The minimum absolute atomic E-state index is 0.308. The molecule has 3 unspecified atom stereocenters. The van der Waals surface area contributed by atoms with E-state index in [0.717, 1.165) is 24.9 Å². The zero-order chi connectivity index (χ0) is 15.2. The third-order valence-corrected chi connectivity index (χ3v) is 7.20. The number of benzene rings is 1. The van der Waals surface area contributed by atoms with Crippen LogP contribution in [0.5, 0.6) is 0 Å². The predicted molar refractivity (Wildman–Crippen MR) is 90.3 cm³/mol. The average Bonchev–Trinajstić information content (AvgIpc) is 2.50. The van der Waals surface area contributed by atoms with Gasteiger partial charge >= 0.3 is 0 Å². The topological polar surface area (TPSA) is 12.0 Å². The molecule has 1 aliphatic heterocycles. The van der Waals surface area contributed by atoms with Gasteiger partial charge in [0.25, 0.3) is 0 Å². The molecule has 21 heavy (non-hydrogen) atoms. The lowest BCUT2D eigenvalue weighted by atomic mass is 10.00. The van der Waals surface area contributed by atoms with Gasteiger partial charge in [-0.25, -0.2) is 8.78 Å². The fourth-order valence-corrected chi connectivity index (χ4v) is 6.06. The fraction of sp³-hybridized carbons (Fsp3) is 0.625. The Morgan fingerprint density at radius 1 is 1.19 bits per heavy atom. The van der Waals surface area contributed by atoms with Gasteiger partial charge in [0.2, 0.25) is 0 Å². The summed E-state index contributed by atoms with van der Waals surface area (Å²) >= 11 is 4.07. The number of nitrogens with one attached hydrogen (secondary N) is 1. The predicted octanol–water partition coefficient (Wildman–Crippen LogP) is 4.11. The Morgan fingerprint density at radius 3 is 2.62 bits per heavy atom. The molecule has 1 N–H and O–H groups in total. The van der Waals surface area contributed by atoms with Crippen molar-refractivity contribution in [2.45, 2.75) is 43.2 Å². The maximum atomic E-state index is 13.4. The van der Waals surface area contributed by atoms with Gasteiger partial charge in [0, 0.05) is 28.0 Å². The molecule has 1 nitrogen and oxygen atoms in total. The van der Waals surface area contributed by atoms with Crippen molar-refractivity contribution in [3.8, 4) is 0 Å². The fourth-order valence-electron chi connectivity index (χ4n) is 2.80. The van der Waals surface area contributed by atoms with Gasteiger partial charge in [0.15, 0.2) is 11.6 Å². The van der Waals surface area contributed by atoms with Gasteiger partial charge in [-0.15, -0.1) is 0 Å². The molecule has 1 fully saturated rings. The van der Waals surface area contributed by atoms with Crippen LogP contribution in [0.25, 0.3) is 0 Å².